The summed E-state index contributed by atoms with van der Waals surface area (Å²) >= 11 is 0. The lowest BCUT2D eigenvalue weighted by atomic mass is 9.92. The van der Waals surface area contributed by atoms with Crippen molar-refractivity contribution in [2.45, 2.75) is 25.1 Å². The van der Waals surface area contributed by atoms with Crippen LogP contribution in [0.2, 0.25) is 0 Å². The van der Waals surface area contributed by atoms with Gasteiger partial charge in [0.05, 0.1) is 11.2 Å². The monoisotopic (exact) mass is 233 g/mol. The number of aliphatic hydroxyl groups is 1. The Bertz CT molecular complexity index is 343. The van der Waals surface area contributed by atoms with Crippen LogP contribution >= 0.6 is 0 Å². The van der Waals surface area contributed by atoms with Crippen LogP contribution in [0.1, 0.15) is 24.5 Å². The van der Waals surface area contributed by atoms with E-state index in [0.717, 1.165) is 12.1 Å². The molecule has 0 aliphatic carbocycles. The normalized spacial score (nSPS) is 15.9. The molecule has 1 aromatic carbocycles. The Balaban J connectivity index is 2.95. The largest absolute Gasteiger partial charge is 0.416 e. The van der Waals surface area contributed by atoms with Crippen LogP contribution in [0.25, 0.3) is 0 Å². The first kappa shape index (κ1) is 13.0. The molecule has 0 bridgehead atoms. The van der Waals surface area contributed by atoms with Crippen molar-refractivity contribution in [3.63, 3.8) is 0 Å². The van der Waals surface area contributed by atoms with Gasteiger partial charge in [-0.05, 0) is 37.6 Å². The third kappa shape index (κ3) is 2.96. The number of alkyl halides is 3. The summed E-state index contributed by atoms with van der Waals surface area (Å²) < 4.78 is 36.8. The molecule has 1 aromatic rings. The molecule has 0 amide bonds. The fourth-order valence-electron chi connectivity index (χ4n) is 1.44. The summed E-state index contributed by atoms with van der Waals surface area (Å²) in [6.07, 6.45) is -4.05. The molecule has 0 aliphatic rings. The Morgan fingerprint density at radius 2 is 1.56 bits per heavy atom. The van der Waals surface area contributed by atoms with Crippen molar-refractivity contribution in [3.8, 4) is 0 Å². The summed E-state index contributed by atoms with van der Waals surface area (Å²) in [5.41, 5.74) is 3.84. The van der Waals surface area contributed by atoms with Gasteiger partial charge in [0.25, 0.3) is 0 Å². The van der Waals surface area contributed by atoms with E-state index >= 15 is 0 Å². The lowest BCUT2D eigenvalue weighted by molar-refractivity contribution is -0.137. The maximum absolute atomic E-state index is 12.3. The standard InChI is InChI=1S/C11H14F3NO/c1-10(16,6-7-15)8-2-4-9(5-3-8)11(12,13)14/h2-5,16H,6-7,15H2,1H3. The van der Waals surface area contributed by atoms with E-state index in [4.69, 9.17) is 5.73 Å². The van der Waals surface area contributed by atoms with Crippen LogP contribution in [0, 0.1) is 0 Å². The summed E-state index contributed by atoms with van der Waals surface area (Å²) in [7, 11) is 0. The molecule has 5 heteroatoms. The molecule has 1 rings (SSSR count). The molecular formula is C11H14F3NO. The zero-order valence-electron chi connectivity index (χ0n) is 8.88. The van der Waals surface area contributed by atoms with Crippen LogP contribution in [-0.4, -0.2) is 11.7 Å². The SMILES string of the molecule is CC(O)(CCN)c1ccc(C(F)(F)F)cc1. The number of benzene rings is 1. The van der Waals surface area contributed by atoms with Crippen molar-refractivity contribution in [2.75, 3.05) is 6.54 Å². The highest BCUT2D eigenvalue weighted by Crippen LogP contribution is 2.31. The molecule has 1 unspecified atom stereocenters. The molecule has 0 radical (unpaired) electrons. The number of rotatable bonds is 3. The first-order valence-electron chi connectivity index (χ1n) is 4.87. The summed E-state index contributed by atoms with van der Waals surface area (Å²) in [6, 6.07) is 4.47. The van der Waals surface area contributed by atoms with E-state index in [2.05, 4.69) is 0 Å². The van der Waals surface area contributed by atoms with E-state index in [-0.39, 0.29) is 6.54 Å². The molecule has 2 nitrogen and oxygen atoms in total. The van der Waals surface area contributed by atoms with Crippen LogP contribution < -0.4 is 5.73 Å². The summed E-state index contributed by atoms with van der Waals surface area (Å²) in [4.78, 5) is 0. The molecule has 0 aliphatic heterocycles. The second kappa shape index (κ2) is 4.43. The minimum Gasteiger partial charge on any atom is -0.385 e. The maximum atomic E-state index is 12.3. The quantitative estimate of drug-likeness (QED) is 0.841. The molecule has 16 heavy (non-hydrogen) atoms. The van der Waals surface area contributed by atoms with Gasteiger partial charge < -0.3 is 10.8 Å². The average molecular weight is 233 g/mol. The Hall–Kier alpha value is -1.07. The lowest BCUT2D eigenvalue weighted by Gasteiger charge is -2.23. The zero-order chi connectivity index (χ0) is 12.4. The fraction of sp³-hybridized carbons (Fsp3) is 0.455. The number of nitrogens with two attached hydrogens (primary N) is 1. The smallest absolute Gasteiger partial charge is 0.385 e. The minimum atomic E-state index is -4.35. The molecule has 0 fully saturated rings. The summed E-state index contributed by atoms with van der Waals surface area (Å²) in [5.74, 6) is 0. The van der Waals surface area contributed by atoms with Crippen molar-refractivity contribution < 1.29 is 18.3 Å². The van der Waals surface area contributed by atoms with Gasteiger partial charge >= 0.3 is 6.18 Å². The van der Waals surface area contributed by atoms with Gasteiger partial charge in [-0.2, -0.15) is 13.2 Å². The molecule has 0 aromatic heterocycles. The fourth-order valence-corrected chi connectivity index (χ4v) is 1.44. The molecule has 0 spiro atoms. The van der Waals surface area contributed by atoms with Gasteiger partial charge in [-0.3, -0.25) is 0 Å². The van der Waals surface area contributed by atoms with Crippen molar-refractivity contribution >= 4 is 0 Å². The van der Waals surface area contributed by atoms with Crippen LogP contribution in [0.15, 0.2) is 24.3 Å². The van der Waals surface area contributed by atoms with Gasteiger partial charge in [-0.15, -0.1) is 0 Å². The number of halogens is 3. The number of hydrogen-bond acceptors (Lipinski definition) is 2. The minimum absolute atomic E-state index is 0.272. The average Bonchev–Trinajstić information content (AvgIpc) is 2.16. The highest BCUT2D eigenvalue weighted by atomic mass is 19.4. The van der Waals surface area contributed by atoms with Gasteiger partial charge in [0, 0.05) is 0 Å². The number of hydrogen-bond donors (Lipinski definition) is 2. The van der Waals surface area contributed by atoms with Gasteiger partial charge in [-0.25, -0.2) is 0 Å². The van der Waals surface area contributed by atoms with Crippen LogP contribution in [0.4, 0.5) is 13.2 Å². The van der Waals surface area contributed by atoms with Gasteiger partial charge in [0.15, 0.2) is 0 Å². The van der Waals surface area contributed by atoms with Gasteiger partial charge in [-0.1, -0.05) is 12.1 Å². The van der Waals surface area contributed by atoms with E-state index in [9.17, 15) is 18.3 Å². The highest BCUT2D eigenvalue weighted by molar-refractivity contribution is 5.28. The lowest BCUT2D eigenvalue weighted by Crippen LogP contribution is -2.25. The van der Waals surface area contributed by atoms with Crippen molar-refractivity contribution in [2.24, 2.45) is 5.73 Å². The predicted octanol–water partition coefficient (Wildman–Crippen LogP) is 2.26. The Kier molecular flexibility index (Phi) is 3.60. The molecule has 3 N–H and O–H groups in total. The van der Waals surface area contributed by atoms with E-state index in [1.807, 2.05) is 0 Å². The van der Waals surface area contributed by atoms with E-state index in [1.165, 1.54) is 19.1 Å². The third-order valence-electron chi connectivity index (χ3n) is 2.47. The highest BCUT2D eigenvalue weighted by Gasteiger charge is 2.31. The maximum Gasteiger partial charge on any atom is 0.416 e. The van der Waals surface area contributed by atoms with Gasteiger partial charge in [0.2, 0.25) is 0 Å². The molecule has 0 saturated heterocycles. The molecule has 90 valence electrons. The molecule has 0 heterocycles. The Morgan fingerprint density at radius 1 is 1.12 bits per heavy atom. The predicted molar refractivity (Wildman–Crippen MR) is 54.7 cm³/mol. The Morgan fingerprint density at radius 3 is 1.94 bits per heavy atom. The zero-order valence-corrected chi connectivity index (χ0v) is 8.88. The van der Waals surface area contributed by atoms with Crippen molar-refractivity contribution in [1.29, 1.82) is 0 Å². The van der Waals surface area contributed by atoms with Crippen LogP contribution in [0.3, 0.4) is 0 Å². The second-order valence-electron chi connectivity index (χ2n) is 3.89. The van der Waals surface area contributed by atoms with Crippen molar-refractivity contribution in [1.82, 2.24) is 0 Å². The first-order chi connectivity index (χ1) is 7.27. The molecule has 0 saturated carbocycles. The van der Waals surface area contributed by atoms with E-state index in [1.54, 1.807) is 0 Å². The van der Waals surface area contributed by atoms with Gasteiger partial charge in [0.1, 0.15) is 0 Å². The summed E-state index contributed by atoms with van der Waals surface area (Å²) in [5, 5.41) is 9.92. The molecular weight excluding hydrogens is 219 g/mol. The summed E-state index contributed by atoms with van der Waals surface area (Å²) in [6.45, 7) is 1.80. The van der Waals surface area contributed by atoms with E-state index < -0.39 is 17.3 Å². The second-order valence-corrected chi connectivity index (χ2v) is 3.89. The van der Waals surface area contributed by atoms with Crippen molar-refractivity contribution in [3.05, 3.63) is 35.4 Å². The molecule has 1 atom stereocenters. The topological polar surface area (TPSA) is 46.2 Å². The van der Waals surface area contributed by atoms with Crippen LogP contribution in [0.5, 0.6) is 0 Å². The Labute approximate surface area is 91.9 Å². The van der Waals surface area contributed by atoms with Crippen LogP contribution in [-0.2, 0) is 11.8 Å². The third-order valence-corrected chi connectivity index (χ3v) is 2.47. The van der Waals surface area contributed by atoms with E-state index in [0.29, 0.717) is 12.0 Å². The first-order valence-corrected chi connectivity index (χ1v) is 4.87.